The Morgan fingerprint density at radius 3 is 2.75 bits per heavy atom. The topological polar surface area (TPSA) is 62.3 Å². The number of halogens is 2. The minimum absolute atomic E-state index is 0.0537. The smallest absolute Gasteiger partial charge is 0.286 e. The Morgan fingerprint density at radius 2 is 2.04 bits per heavy atom. The molecule has 124 valence electrons. The maximum Gasteiger partial charge on any atom is 0.286 e. The molecule has 5 nitrogen and oxygen atoms in total. The molecule has 1 aliphatic rings. The molecule has 1 aromatic carbocycles. The quantitative estimate of drug-likeness (QED) is 0.875. The molecule has 0 radical (unpaired) electrons. The number of nitrogens with one attached hydrogen (secondary N) is 1. The van der Waals surface area contributed by atoms with Gasteiger partial charge >= 0.3 is 0 Å². The van der Waals surface area contributed by atoms with Crippen LogP contribution in [0.3, 0.4) is 0 Å². The Labute approximate surface area is 137 Å². The van der Waals surface area contributed by atoms with Crippen molar-refractivity contribution >= 4 is 22.6 Å². The highest BCUT2D eigenvalue weighted by Gasteiger charge is 2.50. The number of likely N-dealkylation sites (tertiary alicyclic amines) is 1. The summed E-state index contributed by atoms with van der Waals surface area (Å²) in [5.41, 5.74) is 0.0537. The van der Waals surface area contributed by atoms with E-state index in [1.807, 2.05) is 24.3 Å². The molecule has 0 aliphatic carbocycles. The number of carbonyl (C=O) groups is 2. The third kappa shape index (κ3) is 2.97. The van der Waals surface area contributed by atoms with Gasteiger partial charge in [-0.25, -0.2) is 8.78 Å². The first-order valence-corrected chi connectivity index (χ1v) is 7.35. The molecule has 7 heteroatoms. The van der Waals surface area contributed by atoms with Crippen molar-refractivity contribution < 1.29 is 18.4 Å². The monoisotopic (exact) mass is 331 g/mol. The molecule has 1 aromatic heterocycles. The fourth-order valence-corrected chi connectivity index (χ4v) is 2.67. The number of rotatable bonds is 3. The van der Waals surface area contributed by atoms with E-state index in [2.05, 4.69) is 16.9 Å². The molecule has 1 fully saturated rings. The highest BCUT2D eigenvalue weighted by atomic mass is 19.3. The van der Waals surface area contributed by atoms with Gasteiger partial charge in [-0.3, -0.25) is 14.6 Å². The van der Waals surface area contributed by atoms with Crippen molar-refractivity contribution in [1.29, 1.82) is 0 Å². The number of pyridine rings is 1. The van der Waals surface area contributed by atoms with Gasteiger partial charge in [0.1, 0.15) is 11.7 Å². The van der Waals surface area contributed by atoms with Crippen LogP contribution in [-0.4, -0.2) is 46.8 Å². The van der Waals surface area contributed by atoms with Gasteiger partial charge in [-0.1, -0.05) is 30.8 Å². The van der Waals surface area contributed by atoms with Crippen LogP contribution in [0.5, 0.6) is 0 Å². The van der Waals surface area contributed by atoms with E-state index in [9.17, 15) is 18.4 Å². The Hall–Kier alpha value is -2.83. The van der Waals surface area contributed by atoms with Crippen LogP contribution in [0.1, 0.15) is 10.5 Å². The highest BCUT2D eigenvalue weighted by molar-refractivity contribution is 5.96. The van der Waals surface area contributed by atoms with Crippen molar-refractivity contribution in [1.82, 2.24) is 15.2 Å². The van der Waals surface area contributed by atoms with Crippen LogP contribution in [-0.2, 0) is 4.79 Å². The molecule has 2 amide bonds. The average molecular weight is 331 g/mol. The predicted octanol–water partition coefficient (Wildman–Crippen LogP) is 2.00. The SMILES string of the molecule is C=CC(=O)N1CC(NC(=O)c2cc3ccccc3cn2)C(F)(F)C1. The van der Waals surface area contributed by atoms with E-state index in [0.717, 1.165) is 21.7 Å². The van der Waals surface area contributed by atoms with Gasteiger partial charge in [-0.2, -0.15) is 0 Å². The van der Waals surface area contributed by atoms with E-state index in [-0.39, 0.29) is 12.2 Å². The van der Waals surface area contributed by atoms with Gasteiger partial charge in [0.15, 0.2) is 0 Å². The summed E-state index contributed by atoms with van der Waals surface area (Å²) >= 11 is 0. The fourth-order valence-electron chi connectivity index (χ4n) is 2.67. The van der Waals surface area contributed by atoms with Gasteiger partial charge in [0.05, 0.1) is 6.54 Å². The zero-order valence-electron chi connectivity index (χ0n) is 12.7. The van der Waals surface area contributed by atoms with E-state index in [0.29, 0.717) is 0 Å². The van der Waals surface area contributed by atoms with Crippen LogP contribution in [0.4, 0.5) is 8.78 Å². The molecule has 1 saturated heterocycles. The van der Waals surface area contributed by atoms with Crippen molar-refractivity contribution in [2.45, 2.75) is 12.0 Å². The van der Waals surface area contributed by atoms with Crippen LogP contribution in [0.25, 0.3) is 10.8 Å². The third-order valence-corrected chi connectivity index (χ3v) is 3.97. The summed E-state index contributed by atoms with van der Waals surface area (Å²) in [4.78, 5) is 28.7. The maximum absolute atomic E-state index is 14.0. The summed E-state index contributed by atoms with van der Waals surface area (Å²) in [6, 6.07) is 7.39. The summed E-state index contributed by atoms with van der Waals surface area (Å²) < 4.78 is 28.0. The molecular weight excluding hydrogens is 316 g/mol. The number of hydrogen-bond donors (Lipinski definition) is 1. The average Bonchev–Trinajstić information content (AvgIpc) is 2.88. The lowest BCUT2D eigenvalue weighted by Crippen LogP contribution is -2.46. The second-order valence-corrected chi connectivity index (χ2v) is 5.63. The second-order valence-electron chi connectivity index (χ2n) is 5.63. The van der Waals surface area contributed by atoms with Crippen LogP contribution in [0.2, 0.25) is 0 Å². The predicted molar refractivity (Wildman–Crippen MR) is 84.7 cm³/mol. The highest BCUT2D eigenvalue weighted by Crippen LogP contribution is 2.28. The number of nitrogens with zero attached hydrogens (tertiary/aromatic N) is 2. The van der Waals surface area contributed by atoms with Crippen LogP contribution >= 0.6 is 0 Å². The Morgan fingerprint density at radius 1 is 1.33 bits per heavy atom. The van der Waals surface area contributed by atoms with Crippen molar-refractivity contribution in [3.8, 4) is 0 Å². The normalized spacial score (nSPS) is 19.2. The molecule has 1 aliphatic heterocycles. The number of amides is 2. The van der Waals surface area contributed by atoms with E-state index in [1.165, 1.54) is 6.20 Å². The van der Waals surface area contributed by atoms with Gasteiger partial charge in [0, 0.05) is 18.1 Å². The number of fused-ring (bicyclic) bond motifs is 1. The third-order valence-electron chi connectivity index (χ3n) is 3.97. The molecule has 1 N–H and O–H groups in total. The Balaban J connectivity index is 1.78. The number of hydrogen-bond acceptors (Lipinski definition) is 3. The molecule has 0 bridgehead atoms. The summed E-state index contributed by atoms with van der Waals surface area (Å²) in [6.07, 6.45) is 2.50. The van der Waals surface area contributed by atoms with Gasteiger partial charge in [0.25, 0.3) is 11.8 Å². The van der Waals surface area contributed by atoms with Crippen LogP contribution in [0.15, 0.2) is 49.2 Å². The fraction of sp³-hybridized carbons (Fsp3) is 0.235. The molecule has 0 spiro atoms. The van der Waals surface area contributed by atoms with Gasteiger partial charge in [-0.15, -0.1) is 0 Å². The van der Waals surface area contributed by atoms with E-state index < -0.39 is 30.3 Å². The van der Waals surface area contributed by atoms with Crippen molar-refractivity contribution in [2.24, 2.45) is 0 Å². The zero-order chi connectivity index (χ0) is 17.3. The standard InChI is InChI=1S/C17H15F2N3O2/c1-2-15(23)22-9-14(17(18,19)10-22)21-16(24)13-7-11-5-3-4-6-12(11)8-20-13/h2-8,14H,1,9-10H2,(H,21,24). The molecule has 3 rings (SSSR count). The van der Waals surface area contributed by atoms with Crippen LogP contribution < -0.4 is 5.32 Å². The Bertz CT molecular complexity index is 822. The molecule has 1 unspecified atom stereocenters. The first kappa shape index (κ1) is 16.0. The summed E-state index contributed by atoms with van der Waals surface area (Å²) in [7, 11) is 0. The summed E-state index contributed by atoms with van der Waals surface area (Å²) in [5, 5.41) is 3.92. The number of alkyl halides is 2. The van der Waals surface area contributed by atoms with Gasteiger partial charge < -0.3 is 10.2 Å². The van der Waals surface area contributed by atoms with Gasteiger partial charge in [-0.05, 0) is 17.5 Å². The van der Waals surface area contributed by atoms with Crippen LogP contribution in [0, 0.1) is 0 Å². The summed E-state index contributed by atoms with van der Waals surface area (Å²) in [6.45, 7) is 2.27. The molecule has 2 heterocycles. The first-order valence-electron chi connectivity index (χ1n) is 7.35. The van der Waals surface area contributed by atoms with E-state index in [4.69, 9.17) is 0 Å². The molecule has 0 saturated carbocycles. The van der Waals surface area contributed by atoms with E-state index in [1.54, 1.807) is 6.07 Å². The van der Waals surface area contributed by atoms with Crippen molar-refractivity contribution in [2.75, 3.05) is 13.1 Å². The lowest BCUT2D eigenvalue weighted by atomic mass is 10.1. The van der Waals surface area contributed by atoms with E-state index >= 15 is 0 Å². The largest absolute Gasteiger partial charge is 0.340 e. The van der Waals surface area contributed by atoms with Crippen molar-refractivity contribution in [3.05, 3.63) is 54.9 Å². The van der Waals surface area contributed by atoms with Gasteiger partial charge in [0.2, 0.25) is 5.91 Å². The molecular formula is C17H15F2N3O2. The molecule has 1 atom stereocenters. The summed E-state index contributed by atoms with van der Waals surface area (Å²) in [5.74, 6) is -4.49. The Kier molecular flexibility index (Phi) is 4.01. The minimum atomic E-state index is -3.20. The second kappa shape index (κ2) is 5.99. The first-order chi connectivity index (χ1) is 11.4. The molecule has 24 heavy (non-hydrogen) atoms. The number of benzene rings is 1. The lowest BCUT2D eigenvalue weighted by molar-refractivity contribution is -0.126. The van der Waals surface area contributed by atoms with Crippen molar-refractivity contribution in [3.63, 3.8) is 0 Å². The molecule has 2 aromatic rings. The zero-order valence-corrected chi connectivity index (χ0v) is 12.7. The minimum Gasteiger partial charge on any atom is -0.340 e. The number of carbonyl (C=O) groups excluding carboxylic acids is 2. The maximum atomic E-state index is 14.0. The lowest BCUT2D eigenvalue weighted by Gasteiger charge is -2.18. The number of aromatic nitrogens is 1.